The zero-order valence-electron chi connectivity index (χ0n) is 19.1. The highest BCUT2D eigenvalue weighted by molar-refractivity contribution is 5.79. The number of rotatable bonds is 5. The summed E-state index contributed by atoms with van der Waals surface area (Å²) >= 11 is 0. The molecule has 0 atom stereocenters. The van der Waals surface area contributed by atoms with Gasteiger partial charge in [0.1, 0.15) is 5.82 Å². The average Bonchev–Trinajstić information content (AvgIpc) is 2.93. The minimum atomic E-state index is -0.228. The molecular formula is C23H36FN5O2. The predicted octanol–water partition coefficient (Wildman–Crippen LogP) is 1.40. The van der Waals surface area contributed by atoms with Gasteiger partial charge in [-0.05, 0) is 51.5 Å². The van der Waals surface area contributed by atoms with Gasteiger partial charge in [-0.2, -0.15) is 0 Å². The molecule has 7 nitrogen and oxygen atoms in total. The molecule has 2 saturated heterocycles. The first-order chi connectivity index (χ1) is 14.7. The van der Waals surface area contributed by atoms with Gasteiger partial charge in [-0.25, -0.2) is 4.39 Å². The normalized spacial score (nSPS) is 19.2. The molecule has 3 rings (SSSR count). The number of carbonyl (C=O) groups is 2. The van der Waals surface area contributed by atoms with Crippen LogP contribution < -0.4 is 10.2 Å². The van der Waals surface area contributed by atoms with Gasteiger partial charge in [0.15, 0.2) is 0 Å². The Balaban J connectivity index is 1.41. The van der Waals surface area contributed by atoms with Crippen molar-refractivity contribution in [2.45, 2.75) is 32.7 Å². The fourth-order valence-electron chi connectivity index (χ4n) is 4.15. The van der Waals surface area contributed by atoms with Crippen molar-refractivity contribution >= 4 is 17.5 Å². The lowest BCUT2D eigenvalue weighted by Crippen LogP contribution is -2.54. The lowest BCUT2D eigenvalue weighted by molar-refractivity contribution is -0.134. The number of benzene rings is 1. The van der Waals surface area contributed by atoms with Crippen molar-refractivity contribution in [3.05, 3.63) is 30.1 Å². The van der Waals surface area contributed by atoms with Gasteiger partial charge in [-0.1, -0.05) is 0 Å². The van der Waals surface area contributed by atoms with E-state index in [-0.39, 0.29) is 23.2 Å². The Kier molecular flexibility index (Phi) is 7.89. The maximum absolute atomic E-state index is 13.2. The van der Waals surface area contributed by atoms with Crippen molar-refractivity contribution in [3.63, 3.8) is 0 Å². The largest absolute Gasteiger partial charge is 0.370 e. The lowest BCUT2D eigenvalue weighted by Gasteiger charge is -2.35. The van der Waals surface area contributed by atoms with E-state index in [1.54, 1.807) is 0 Å². The van der Waals surface area contributed by atoms with Gasteiger partial charge in [-0.3, -0.25) is 19.4 Å². The van der Waals surface area contributed by atoms with E-state index in [1.807, 2.05) is 37.8 Å². The molecule has 0 aliphatic carbocycles. The van der Waals surface area contributed by atoms with Gasteiger partial charge in [0.25, 0.3) is 0 Å². The highest BCUT2D eigenvalue weighted by Gasteiger charge is 2.25. The van der Waals surface area contributed by atoms with Gasteiger partial charge in [0, 0.05) is 63.6 Å². The first-order valence-electron chi connectivity index (χ1n) is 11.2. The van der Waals surface area contributed by atoms with Crippen LogP contribution in [0, 0.1) is 5.82 Å². The molecule has 2 fully saturated rings. The zero-order chi connectivity index (χ0) is 22.4. The second-order valence-corrected chi connectivity index (χ2v) is 9.55. The van der Waals surface area contributed by atoms with E-state index < -0.39 is 0 Å². The summed E-state index contributed by atoms with van der Waals surface area (Å²) in [4.78, 5) is 33.4. The first kappa shape index (κ1) is 23.5. The van der Waals surface area contributed by atoms with Crippen LogP contribution in [0.4, 0.5) is 10.1 Å². The third kappa shape index (κ3) is 7.47. The van der Waals surface area contributed by atoms with E-state index in [9.17, 15) is 14.0 Å². The molecule has 1 aromatic carbocycles. The number of amides is 2. The third-order valence-corrected chi connectivity index (χ3v) is 5.75. The number of halogens is 1. The summed E-state index contributed by atoms with van der Waals surface area (Å²) in [7, 11) is 0. The van der Waals surface area contributed by atoms with Crippen LogP contribution in [0.1, 0.15) is 27.2 Å². The molecule has 8 heteroatoms. The number of nitrogens with one attached hydrogen (secondary N) is 1. The van der Waals surface area contributed by atoms with E-state index >= 15 is 0 Å². The summed E-state index contributed by atoms with van der Waals surface area (Å²) in [5, 5.41) is 2.99. The Morgan fingerprint density at radius 3 is 2.13 bits per heavy atom. The molecule has 2 aliphatic heterocycles. The molecule has 0 radical (unpaired) electrons. The second kappa shape index (κ2) is 10.4. The molecular weight excluding hydrogens is 397 g/mol. The van der Waals surface area contributed by atoms with Gasteiger partial charge in [0.2, 0.25) is 11.8 Å². The standard InChI is InChI=1S/C23H36FN5O2/c1-23(2,3)25-21(30)17-27-12-15-29(16-13-27)22(31)18-26-9-4-10-28(14-11-26)20-7-5-19(24)6-8-20/h5-8H,4,9-18H2,1-3H3,(H,25,30). The van der Waals surface area contributed by atoms with Gasteiger partial charge in [0.05, 0.1) is 13.1 Å². The zero-order valence-corrected chi connectivity index (χ0v) is 19.1. The van der Waals surface area contributed by atoms with E-state index in [2.05, 4.69) is 20.0 Å². The summed E-state index contributed by atoms with van der Waals surface area (Å²) in [6.45, 7) is 13.0. The van der Waals surface area contributed by atoms with Crippen LogP contribution in [-0.2, 0) is 9.59 Å². The number of hydrogen-bond acceptors (Lipinski definition) is 5. The van der Waals surface area contributed by atoms with Crippen molar-refractivity contribution in [2.24, 2.45) is 0 Å². The van der Waals surface area contributed by atoms with Crippen LogP contribution in [-0.4, -0.2) is 97.5 Å². The molecule has 0 aromatic heterocycles. The van der Waals surface area contributed by atoms with Crippen molar-refractivity contribution in [2.75, 3.05) is 70.3 Å². The second-order valence-electron chi connectivity index (χ2n) is 9.55. The molecule has 2 aliphatic rings. The first-order valence-corrected chi connectivity index (χ1v) is 11.2. The number of piperazine rings is 1. The van der Waals surface area contributed by atoms with Crippen LogP contribution in [0.15, 0.2) is 24.3 Å². The molecule has 0 bridgehead atoms. The lowest BCUT2D eigenvalue weighted by atomic mass is 10.1. The smallest absolute Gasteiger partial charge is 0.236 e. The Morgan fingerprint density at radius 2 is 1.48 bits per heavy atom. The molecule has 31 heavy (non-hydrogen) atoms. The van der Waals surface area contributed by atoms with Crippen LogP contribution in [0.5, 0.6) is 0 Å². The summed E-state index contributed by atoms with van der Waals surface area (Å²) in [6, 6.07) is 6.62. The molecule has 1 aromatic rings. The monoisotopic (exact) mass is 433 g/mol. The van der Waals surface area contributed by atoms with Gasteiger partial charge in [-0.15, -0.1) is 0 Å². The van der Waals surface area contributed by atoms with Gasteiger partial charge >= 0.3 is 0 Å². The molecule has 1 N–H and O–H groups in total. The van der Waals surface area contributed by atoms with Crippen LogP contribution in [0.2, 0.25) is 0 Å². The number of nitrogens with zero attached hydrogens (tertiary/aromatic N) is 4. The maximum atomic E-state index is 13.2. The van der Waals surface area contributed by atoms with Crippen molar-refractivity contribution in [3.8, 4) is 0 Å². The van der Waals surface area contributed by atoms with E-state index in [0.29, 0.717) is 26.2 Å². The van der Waals surface area contributed by atoms with Crippen molar-refractivity contribution in [1.29, 1.82) is 0 Å². The summed E-state index contributed by atoms with van der Waals surface area (Å²) in [5.41, 5.74) is 0.801. The molecule has 2 amide bonds. The van der Waals surface area contributed by atoms with E-state index in [4.69, 9.17) is 0 Å². The molecule has 0 unspecified atom stereocenters. The highest BCUT2D eigenvalue weighted by atomic mass is 19.1. The van der Waals surface area contributed by atoms with Crippen molar-refractivity contribution in [1.82, 2.24) is 20.0 Å². The van der Waals surface area contributed by atoms with E-state index in [0.717, 1.165) is 51.4 Å². The third-order valence-electron chi connectivity index (χ3n) is 5.75. The Morgan fingerprint density at radius 1 is 0.871 bits per heavy atom. The number of carbonyl (C=O) groups excluding carboxylic acids is 2. The molecule has 172 valence electrons. The van der Waals surface area contributed by atoms with Crippen LogP contribution in [0.25, 0.3) is 0 Å². The van der Waals surface area contributed by atoms with Crippen LogP contribution >= 0.6 is 0 Å². The summed E-state index contributed by atoms with van der Waals surface area (Å²) in [6.07, 6.45) is 0.974. The van der Waals surface area contributed by atoms with E-state index in [1.165, 1.54) is 12.1 Å². The molecule has 0 spiro atoms. The minimum Gasteiger partial charge on any atom is -0.370 e. The highest BCUT2D eigenvalue weighted by Crippen LogP contribution is 2.17. The molecule has 2 heterocycles. The minimum absolute atomic E-state index is 0.0301. The Labute approximate surface area is 185 Å². The summed E-state index contributed by atoms with van der Waals surface area (Å²) < 4.78 is 13.2. The fourth-order valence-corrected chi connectivity index (χ4v) is 4.15. The van der Waals surface area contributed by atoms with Crippen molar-refractivity contribution < 1.29 is 14.0 Å². The van der Waals surface area contributed by atoms with Gasteiger partial charge < -0.3 is 15.1 Å². The quantitative estimate of drug-likeness (QED) is 0.761. The maximum Gasteiger partial charge on any atom is 0.236 e. The SMILES string of the molecule is CC(C)(C)NC(=O)CN1CCN(C(=O)CN2CCCN(c3ccc(F)cc3)CC2)CC1. The van der Waals surface area contributed by atoms with Crippen LogP contribution in [0.3, 0.4) is 0 Å². The fraction of sp³-hybridized carbons (Fsp3) is 0.652. The summed E-state index contributed by atoms with van der Waals surface area (Å²) in [5.74, 6) is -0.0303. The topological polar surface area (TPSA) is 59.1 Å². The predicted molar refractivity (Wildman–Crippen MR) is 121 cm³/mol. The number of anilines is 1. The Bertz CT molecular complexity index is 741. The number of hydrogen-bond donors (Lipinski definition) is 1. The molecule has 0 saturated carbocycles. The Hall–Kier alpha value is -2.19. The average molecular weight is 434 g/mol.